The molecule has 0 aliphatic carbocycles. The zero-order valence-corrected chi connectivity index (χ0v) is 25.0. The first-order chi connectivity index (χ1) is 19.0. The molecule has 0 bridgehead atoms. The molecule has 0 unspecified atom stereocenters. The Morgan fingerprint density at radius 3 is 2.25 bits per heavy atom. The van der Waals surface area contributed by atoms with Gasteiger partial charge in [0.15, 0.2) is 0 Å². The fraction of sp³-hybridized carbons (Fsp3) is 0.333. The van der Waals surface area contributed by atoms with Crippen molar-refractivity contribution >= 4 is 39.1 Å². The molecule has 8 nitrogen and oxygen atoms in total. The van der Waals surface area contributed by atoms with Gasteiger partial charge in [-0.15, -0.1) is 0 Å². The van der Waals surface area contributed by atoms with Crippen molar-refractivity contribution in [1.29, 1.82) is 0 Å². The van der Waals surface area contributed by atoms with E-state index in [0.717, 1.165) is 21.9 Å². The SMILES string of the molecule is CC[C@H](C)NC(=O)[C@H](C)N(Cc1cccc(OC)c1)C(=O)CN(c1ccc(Cl)cc1)S(=O)(=O)c1ccc(C)cc1. The van der Waals surface area contributed by atoms with Crippen LogP contribution < -0.4 is 14.4 Å². The lowest BCUT2D eigenvalue weighted by atomic mass is 10.1. The van der Waals surface area contributed by atoms with Gasteiger partial charge < -0.3 is 15.0 Å². The highest BCUT2D eigenvalue weighted by atomic mass is 35.5. The maximum atomic E-state index is 14.0. The summed E-state index contributed by atoms with van der Waals surface area (Å²) in [6.07, 6.45) is 0.724. The molecule has 214 valence electrons. The van der Waals surface area contributed by atoms with Crippen molar-refractivity contribution < 1.29 is 22.7 Å². The molecule has 0 radical (unpaired) electrons. The molecular weight excluding hydrogens is 550 g/mol. The Morgan fingerprint density at radius 1 is 1.00 bits per heavy atom. The molecule has 3 aromatic carbocycles. The van der Waals surface area contributed by atoms with E-state index in [4.69, 9.17) is 16.3 Å². The van der Waals surface area contributed by atoms with Crippen LogP contribution in [0, 0.1) is 6.92 Å². The molecule has 3 rings (SSSR count). The number of nitrogens with one attached hydrogen (secondary N) is 1. The van der Waals surface area contributed by atoms with Crippen molar-refractivity contribution in [2.75, 3.05) is 18.0 Å². The van der Waals surface area contributed by atoms with Gasteiger partial charge in [-0.2, -0.15) is 0 Å². The summed E-state index contributed by atoms with van der Waals surface area (Å²) in [4.78, 5) is 28.5. The standard InChI is InChI=1S/C30H36ClN3O5S/c1-6-22(3)32-30(36)23(4)33(19-24-8-7-9-27(18-24)39-5)29(35)20-34(26-14-12-25(31)13-15-26)40(37,38)28-16-10-21(2)11-17-28/h7-18,22-23H,6,19-20H2,1-5H3,(H,32,36)/t22-,23-/m0/s1. The van der Waals surface area contributed by atoms with E-state index in [-0.39, 0.29) is 29.1 Å². The molecule has 0 heterocycles. The number of anilines is 1. The van der Waals surface area contributed by atoms with Gasteiger partial charge >= 0.3 is 0 Å². The van der Waals surface area contributed by atoms with E-state index in [0.29, 0.717) is 10.8 Å². The van der Waals surface area contributed by atoms with Crippen LogP contribution in [-0.4, -0.2) is 50.9 Å². The summed E-state index contributed by atoms with van der Waals surface area (Å²) in [6, 6.07) is 18.9. The molecule has 0 aliphatic rings. The van der Waals surface area contributed by atoms with Crippen molar-refractivity contribution in [1.82, 2.24) is 10.2 Å². The van der Waals surface area contributed by atoms with Crippen LogP contribution in [-0.2, 0) is 26.2 Å². The lowest BCUT2D eigenvalue weighted by Crippen LogP contribution is -2.52. The number of sulfonamides is 1. The largest absolute Gasteiger partial charge is 0.497 e. The zero-order chi connectivity index (χ0) is 29.4. The highest BCUT2D eigenvalue weighted by molar-refractivity contribution is 7.92. The van der Waals surface area contributed by atoms with Gasteiger partial charge in [-0.1, -0.05) is 48.4 Å². The topological polar surface area (TPSA) is 96.0 Å². The van der Waals surface area contributed by atoms with Crippen molar-refractivity contribution in [3.8, 4) is 5.75 Å². The zero-order valence-electron chi connectivity index (χ0n) is 23.4. The number of rotatable bonds is 12. The van der Waals surface area contributed by atoms with Crippen LogP contribution in [0.15, 0.2) is 77.7 Å². The molecule has 0 fully saturated rings. The Morgan fingerprint density at radius 2 is 1.65 bits per heavy atom. The molecule has 3 aromatic rings. The molecule has 0 saturated heterocycles. The maximum Gasteiger partial charge on any atom is 0.264 e. The second kappa shape index (κ2) is 13.7. The van der Waals surface area contributed by atoms with Crippen LogP contribution in [0.3, 0.4) is 0 Å². The normalized spacial score (nSPS) is 12.8. The summed E-state index contributed by atoms with van der Waals surface area (Å²) in [5, 5.41) is 3.35. The van der Waals surface area contributed by atoms with Gasteiger partial charge in [0.2, 0.25) is 11.8 Å². The predicted octanol–water partition coefficient (Wildman–Crippen LogP) is 5.18. The van der Waals surface area contributed by atoms with E-state index >= 15 is 0 Å². The van der Waals surface area contributed by atoms with Crippen molar-refractivity contribution in [3.63, 3.8) is 0 Å². The van der Waals surface area contributed by atoms with E-state index < -0.39 is 28.5 Å². The van der Waals surface area contributed by atoms with E-state index in [1.165, 1.54) is 17.0 Å². The van der Waals surface area contributed by atoms with E-state index in [9.17, 15) is 18.0 Å². The van der Waals surface area contributed by atoms with Gasteiger partial charge in [-0.05, 0) is 81.3 Å². The molecular formula is C30H36ClN3O5S. The van der Waals surface area contributed by atoms with E-state index in [1.54, 1.807) is 68.6 Å². The minimum atomic E-state index is -4.14. The summed E-state index contributed by atoms with van der Waals surface area (Å²) in [7, 11) is -2.60. The summed E-state index contributed by atoms with van der Waals surface area (Å²) >= 11 is 6.07. The monoisotopic (exact) mass is 585 g/mol. The lowest BCUT2D eigenvalue weighted by molar-refractivity contribution is -0.139. The third kappa shape index (κ3) is 7.76. The van der Waals surface area contributed by atoms with Crippen molar-refractivity contribution in [3.05, 3.63) is 88.9 Å². The molecule has 0 saturated carbocycles. The first-order valence-corrected chi connectivity index (χ1v) is 14.9. The molecule has 2 amide bonds. The Balaban J connectivity index is 2.03. The second-order valence-corrected chi connectivity index (χ2v) is 12.0. The number of ether oxygens (including phenoxy) is 1. The number of amides is 2. The average molecular weight is 586 g/mol. The average Bonchev–Trinajstić information content (AvgIpc) is 2.94. The minimum absolute atomic E-state index is 0.0442. The number of halogens is 1. The molecule has 10 heteroatoms. The first-order valence-electron chi connectivity index (χ1n) is 13.0. The molecule has 2 atom stereocenters. The van der Waals surface area contributed by atoms with Crippen LogP contribution >= 0.6 is 11.6 Å². The molecule has 1 N–H and O–H groups in total. The first kappa shape index (κ1) is 31.0. The summed E-state index contributed by atoms with van der Waals surface area (Å²) in [5.74, 6) is -0.267. The smallest absolute Gasteiger partial charge is 0.264 e. The van der Waals surface area contributed by atoms with E-state index in [2.05, 4.69) is 5.32 Å². The fourth-order valence-electron chi connectivity index (χ4n) is 3.99. The van der Waals surface area contributed by atoms with Gasteiger partial charge in [-0.3, -0.25) is 13.9 Å². The Labute approximate surface area is 241 Å². The van der Waals surface area contributed by atoms with Gasteiger partial charge in [-0.25, -0.2) is 8.42 Å². The molecule has 0 aromatic heterocycles. The second-order valence-electron chi connectivity index (χ2n) is 9.67. The van der Waals surface area contributed by atoms with Crippen LogP contribution in [0.25, 0.3) is 0 Å². The van der Waals surface area contributed by atoms with Crippen LogP contribution in [0.5, 0.6) is 5.75 Å². The highest BCUT2D eigenvalue weighted by Crippen LogP contribution is 2.26. The predicted molar refractivity (Wildman–Crippen MR) is 158 cm³/mol. The van der Waals surface area contributed by atoms with Crippen molar-refractivity contribution in [2.24, 2.45) is 0 Å². The number of aryl methyl sites for hydroxylation is 1. The highest BCUT2D eigenvalue weighted by Gasteiger charge is 2.32. The van der Waals surface area contributed by atoms with Crippen molar-refractivity contribution in [2.45, 2.75) is 57.6 Å². The number of hydrogen-bond donors (Lipinski definition) is 1. The molecule has 0 spiro atoms. The van der Waals surface area contributed by atoms with Gasteiger partial charge in [0.25, 0.3) is 10.0 Å². The molecule has 0 aliphatic heterocycles. The van der Waals surface area contributed by atoms with Crippen LogP contribution in [0.1, 0.15) is 38.3 Å². The Hall–Kier alpha value is -3.56. The van der Waals surface area contributed by atoms with Crippen LogP contribution in [0.4, 0.5) is 5.69 Å². The van der Waals surface area contributed by atoms with Gasteiger partial charge in [0, 0.05) is 17.6 Å². The maximum absolute atomic E-state index is 14.0. The number of methoxy groups -OCH3 is 1. The van der Waals surface area contributed by atoms with Gasteiger partial charge in [0.1, 0.15) is 18.3 Å². The Bertz CT molecular complexity index is 1410. The van der Waals surface area contributed by atoms with E-state index in [1.807, 2.05) is 26.8 Å². The third-order valence-electron chi connectivity index (χ3n) is 6.66. The number of nitrogens with zero attached hydrogens (tertiary/aromatic N) is 2. The Kier molecular flexibility index (Phi) is 10.6. The summed E-state index contributed by atoms with van der Waals surface area (Å²) in [5.41, 5.74) is 1.91. The third-order valence-corrected chi connectivity index (χ3v) is 8.70. The summed E-state index contributed by atoms with van der Waals surface area (Å²) < 4.78 is 34.1. The number of hydrogen-bond acceptors (Lipinski definition) is 5. The number of carbonyl (C=O) groups excluding carboxylic acids is 2. The number of benzene rings is 3. The molecule has 40 heavy (non-hydrogen) atoms. The van der Waals surface area contributed by atoms with Gasteiger partial charge in [0.05, 0.1) is 17.7 Å². The van der Waals surface area contributed by atoms with Crippen LogP contribution in [0.2, 0.25) is 5.02 Å². The lowest BCUT2D eigenvalue weighted by Gasteiger charge is -2.32. The number of carbonyl (C=O) groups is 2. The quantitative estimate of drug-likeness (QED) is 0.316. The summed E-state index contributed by atoms with van der Waals surface area (Å²) in [6.45, 7) is 6.88. The fourth-order valence-corrected chi connectivity index (χ4v) is 5.53. The minimum Gasteiger partial charge on any atom is -0.497 e.